The monoisotopic (exact) mass is 833 g/mol. The molecule has 0 amide bonds. The van der Waals surface area contributed by atoms with Crippen LogP contribution in [0.1, 0.15) is 88.2 Å². The van der Waals surface area contributed by atoms with Crippen molar-refractivity contribution in [3.05, 3.63) is 139 Å². The van der Waals surface area contributed by atoms with Crippen LogP contribution in [-0.4, -0.2) is 15.0 Å². The number of para-hydroxylation sites is 1. The Labute approximate surface area is 373 Å². The van der Waals surface area contributed by atoms with Gasteiger partial charge in [0.05, 0.1) is 0 Å². The quantitative estimate of drug-likeness (QED) is 0.167. The van der Waals surface area contributed by atoms with Gasteiger partial charge in [0.1, 0.15) is 22.3 Å². The van der Waals surface area contributed by atoms with Crippen molar-refractivity contribution in [3.63, 3.8) is 0 Å². The molecule has 0 spiro atoms. The average molecular weight is 834 g/mol. The Morgan fingerprint density at radius 1 is 0.359 bits per heavy atom. The van der Waals surface area contributed by atoms with Gasteiger partial charge in [-0.05, 0) is 182 Å². The normalized spacial score (nSPS) is 28.9. The molecule has 314 valence electrons. The Kier molecular flexibility index (Phi) is 7.51. The first kappa shape index (κ1) is 36.3. The van der Waals surface area contributed by atoms with Gasteiger partial charge < -0.3 is 8.83 Å². The first-order valence-corrected chi connectivity index (χ1v) is 24.3. The molecule has 3 heterocycles. The molecule has 5 nitrogen and oxygen atoms in total. The summed E-state index contributed by atoms with van der Waals surface area (Å²) in [5.74, 6) is 7.33. The third-order valence-corrected chi connectivity index (χ3v) is 17.6. The maximum absolute atomic E-state index is 6.80. The van der Waals surface area contributed by atoms with E-state index in [9.17, 15) is 0 Å². The second-order valence-electron chi connectivity index (χ2n) is 21.7. The van der Waals surface area contributed by atoms with Crippen molar-refractivity contribution in [1.29, 1.82) is 0 Å². The number of aromatic nitrogens is 3. The zero-order valence-electron chi connectivity index (χ0n) is 36.2. The van der Waals surface area contributed by atoms with Gasteiger partial charge in [-0.2, -0.15) is 0 Å². The third kappa shape index (κ3) is 5.51. The second kappa shape index (κ2) is 13.3. The number of nitrogens with zero attached hydrogens (tertiary/aromatic N) is 3. The van der Waals surface area contributed by atoms with Crippen LogP contribution in [0.25, 0.3) is 89.2 Å². The van der Waals surface area contributed by atoms with Crippen LogP contribution < -0.4 is 0 Å². The van der Waals surface area contributed by atoms with Crippen LogP contribution in [0.2, 0.25) is 0 Å². The molecule has 0 saturated heterocycles. The molecule has 8 bridgehead atoms. The highest BCUT2D eigenvalue weighted by molar-refractivity contribution is 6.13. The lowest BCUT2D eigenvalue weighted by molar-refractivity contribution is -0.00529. The van der Waals surface area contributed by atoms with Gasteiger partial charge in [-0.15, -0.1) is 0 Å². The van der Waals surface area contributed by atoms with Gasteiger partial charge in [-0.25, -0.2) is 15.0 Å². The van der Waals surface area contributed by atoms with E-state index in [1.807, 2.05) is 24.3 Å². The van der Waals surface area contributed by atoms with E-state index in [0.29, 0.717) is 28.3 Å². The smallest absolute Gasteiger partial charge is 0.164 e. The van der Waals surface area contributed by atoms with Crippen LogP contribution >= 0.6 is 0 Å². The zero-order chi connectivity index (χ0) is 41.7. The lowest BCUT2D eigenvalue weighted by atomic mass is 9.48. The summed E-state index contributed by atoms with van der Waals surface area (Å²) >= 11 is 0. The van der Waals surface area contributed by atoms with E-state index in [2.05, 4.69) is 103 Å². The van der Waals surface area contributed by atoms with Crippen LogP contribution in [0, 0.1) is 35.5 Å². The first-order valence-electron chi connectivity index (χ1n) is 24.3. The fourth-order valence-corrected chi connectivity index (χ4v) is 15.7. The summed E-state index contributed by atoms with van der Waals surface area (Å²) in [4.78, 5) is 15.8. The van der Waals surface area contributed by atoms with Gasteiger partial charge in [0.25, 0.3) is 0 Å². The summed E-state index contributed by atoms with van der Waals surface area (Å²) in [5.41, 5.74) is 12.3. The maximum Gasteiger partial charge on any atom is 0.164 e. The number of rotatable bonds is 6. The molecular weight excluding hydrogens is 783 g/mol. The molecule has 9 aromatic rings. The third-order valence-electron chi connectivity index (χ3n) is 17.6. The van der Waals surface area contributed by atoms with Crippen molar-refractivity contribution >= 4 is 43.9 Å². The van der Waals surface area contributed by atoms with Crippen LogP contribution in [-0.2, 0) is 10.8 Å². The fraction of sp³-hybridized carbons (Fsp3) is 0.339. The number of benzene rings is 6. The standard InChI is InChI=1S/C59H51N3O2/c1-2-6-41(7-3-1)55-60-56(42-12-16-46-47-17-15-45(27-52(47)64-51(46)25-42)59-31-37-21-38(32-59)23-39(22-37)33-59)62-57(61-55)49-24-43(26-53-54(49)48-8-4-5-9-50(48)63-53)40-10-13-44(14-11-40)58-28-34-18-35(29-58)20-36(19-34)30-58/h1-17,24-27,34-39H,18-23,28-33H2. The van der Waals surface area contributed by atoms with E-state index in [0.717, 1.165) is 96.3 Å². The molecule has 0 aliphatic heterocycles. The van der Waals surface area contributed by atoms with E-state index in [-0.39, 0.29) is 0 Å². The summed E-state index contributed by atoms with van der Waals surface area (Å²) in [5, 5.41) is 4.37. The van der Waals surface area contributed by atoms with Gasteiger partial charge in [-0.1, -0.05) is 91.0 Å². The van der Waals surface area contributed by atoms with E-state index in [4.69, 9.17) is 23.8 Å². The van der Waals surface area contributed by atoms with Gasteiger partial charge in [-0.3, -0.25) is 0 Å². The Bertz CT molecular complexity index is 3290. The van der Waals surface area contributed by atoms with Crippen LogP contribution in [0.4, 0.5) is 0 Å². The van der Waals surface area contributed by atoms with Gasteiger partial charge in [0, 0.05) is 38.2 Å². The molecule has 64 heavy (non-hydrogen) atoms. The van der Waals surface area contributed by atoms with E-state index < -0.39 is 0 Å². The van der Waals surface area contributed by atoms with Crippen molar-refractivity contribution in [1.82, 2.24) is 15.0 Å². The van der Waals surface area contributed by atoms with E-state index in [1.54, 1.807) is 5.56 Å². The molecule has 8 fully saturated rings. The minimum Gasteiger partial charge on any atom is -0.456 e. The van der Waals surface area contributed by atoms with Crippen molar-refractivity contribution in [3.8, 4) is 45.3 Å². The van der Waals surface area contributed by atoms with Crippen molar-refractivity contribution < 1.29 is 8.83 Å². The highest BCUT2D eigenvalue weighted by Crippen LogP contribution is 2.62. The Morgan fingerprint density at radius 2 is 0.859 bits per heavy atom. The lowest BCUT2D eigenvalue weighted by Crippen LogP contribution is -2.48. The molecule has 0 unspecified atom stereocenters. The molecule has 0 radical (unpaired) electrons. The highest BCUT2D eigenvalue weighted by atomic mass is 16.3. The van der Waals surface area contributed by atoms with Crippen LogP contribution in [0.5, 0.6) is 0 Å². The first-order chi connectivity index (χ1) is 31.5. The molecule has 0 N–H and O–H groups in total. The molecule has 6 aromatic carbocycles. The Balaban J connectivity index is 0.859. The highest BCUT2D eigenvalue weighted by Gasteiger charge is 2.53. The summed E-state index contributed by atoms with van der Waals surface area (Å²) in [6.45, 7) is 0. The van der Waals surface area contributed by atoms with Gasteiger partial charge in [0.15, 0.2) is 17.5 Å². The van der Waals surface area contributed by atoms with Crippen LogP contribution in [0.3, 0.4) is 0 Å². The van der Waals surface area contributed by atoms with Gasteiger partial charge in [0.2, 0.25) is 0 Å². The summed E-state index contributed by atoms with van der Waals surface area (Å²) < 4.78 is 13.5. The molecular formula is C59H51N3O2. The summed E-state index contributed by atoms with van der Waals surface area (Å²) in [7, 11) is 0. The fourth-order valence-electron chi connectivity index (χ4n) is 15.7. The molecule has 5 heteroatoms. The topological polar surface area (TPSA) is 65.0 Å². The van der Waals surface area contributed by atoms with Gasteiger partial charge >= 0.3 is 0 Å². The van der Waals surface area contributed by atoms with E-state index >= 15 is 0 Å². The minimum absolute atomic E-state index is 0.322. The number of hydrogen-bond donors (Lipinski definition) is 0. The van der Waals surface area contributed by atoms with Crippen molar-refractivity contribution in [2.45, 2.75) is 87.9 Å². The largest absolute Gasteiger partial charge is 0.456 e. The Hall–Kier alpha value is -6.07. The number of furan rings is 2. The molecule has 8 aliphatic rings. The minimum atomic E-state index is 0.322. The number of hydrogen-bond acceptors (Lipinski definition) is 5. The molecule has 17 rings (SSSR count). The number of fused-ring (bicyclic) bond motifs is 6. The molecule has 8 aliphatic carbocycles. The van der Waals surface area contributed by atoms with Crippen molar-refractivity contribution in [2.24, 2.45) is 35.5 Å². The lowest BCUT2D eigenvalue weighted by Gasteiger charge is -2.57. The van der Waals surface area contributed by atoms with Crippen LogP contribution in [0.15, 0.2) is 136 Å². The predicted octanol–water partition coefficient (Wildman–Crippen LogP) is 15.3. The molecule has 0 atom stereocenters. The van der Waals surface area contributed by atoms with E-state index in [1.165, 1.54) is 93.6 Å². The molecule has 8 saturated carbocycles. The summed E-state index contributed by atoms with van der Waals surface area (Å²) in [6, 6.07) is 46.3. The Morgan fingerprint density at radius 3 is 1.53 bits per heavy atom. The predicted molar refractivity (Wildman–Crippen MR) is 256 cm³/mol. The second-order valence-corrected chi connectivity index (χ2v) is 21.7. The maximum atomic E-state index is 6.80. The zero-order valence-corrected chi connectivity index (χ0v) is 36.2. The van der Waals surface area contributed by atoms with Crippen molar-refractivity contribution in [2.75, 3.05) is 0 Å². The average Bonchev–Trinajstić information content (AvgIpc) is 3.88. The SMILES string of the molecule is c1ccc(-c2nc(-c3ccc4c(c3)oc3cc(C56CC7CC(CC(C7)C5)C6)ccc34)nc(-c3cc(-c4ccc(C56CC7CC(CC(C7)C5)C6)cc4)cc4oc5ccccc5c34)n2)cc1. The summed E-state index contributed by atoms with van der Waals surface area (Å²) in [6.07, 6.45) is 16.9. The molecule has 3 aromatic heterocycles.